The number of ketones is 1. The molecule has 4 heteroatoms. The summed E-state index contributed by atoms with van der Waals surface area (Å²) in [5.74, 6) is 0.303. The molecule has 0 aliphatic heterocycles. The van der Waals surface area contributed by atoms with Gasteiger partial charge in [0, 0.05) is 16.8 Å². The van der Waals surface area contributed by atoms with Crippen molar-refractivity contribution in [1.82, 2.24) is 0 Å². The number of carbonyl (C=O) groups excluding carboxylic acids is 2. The van der Waals surface area contributed by atoms with Gasteiger partial charge in [0.05, 0.1) is 0 Å². The highest BCUT2D eigenvalue weighted by Gasteiger charge is 2.12. The molecule has 0 heterocycles. The molecule has 0 saturated heterocycles. The zero-order valence-corrected chi connectivity index (χ0v) is 15.5. The molecule has 1 aliphatic carbocycles. The lowest BCUT2D eigenvalue weighted by Crippen LogP contribution is -2.20. The van der Waals surface area contributed by atoms with Crippen LogP contribution in [0.5, 0.6) is 5.75 Å². The van der Waals surface area contributed by atoms with Crippen molar-refractivity contribution >= 4 is 17.4 Å². The van der Waals surface area contributed by atoms with Crippen molar-refractivity contribution in [3.63, 3.8) is 0 Å². The van der Waals surface area contributed by atoms with Gasteiger partial charge in [-0.2, -0.15) is 0 Å². The summed E-state index contributed by atoms with van der Waals surface area (Å²) in [6, 6.07) is 22.0. The Bertz CT molecular complexity index is 994. The number of nitrogens with one attached hydrogen (secondary N) is 1. The van der Waals surface area contributed by atoms with E-state index in [0.717, 1.165) is 18.5 Å². The van der Waals surface area contributed by atoms with Crippen LogP contribution in [0, 0.1) is 0 Å². The molecule has 0 spiro atoms. The number of carbonyl (C=O) groups is 2. The van der Waals surface area contributed by atoms with Gasteiger partial charge >= 0.3 is 0 Å². The molecule has 0 radical (unpaired) electrons. The lowest BCUT2D eigenvalue weighted by atomic mass is 10.0. The fraction of sp³-hybridized carbons (Fsp3) is 0.167. The van der Waals surface area contributed by atoms with Gasteiger partial charge in [-0.05, 0) is 66.8 Å². The van der Waals surface area contributed by atoms with Crippen LogP contribution in [0.15, 0.2) is 72.8 Å². The molecule has 0 aromatic heterocycles. The molecular weight excluding hydrogens is 350 g/mol. The summed E-state index contributed by atoms with van der Waals surface area (Å²) in [7, 11) is 0. The predicted octanol–water partition coefficient (Wildman–Crippen LogP) is 4.42. The minimum Gasteiger partial charge on any atom is -0.484 e. The Kier molecular flexibility index (Phi) is 5.20. The Morgan fingerprint density at radius 1 is 0.821 bits per heavy atom. The first-order chi connectivity index (χ1) is 13.7. The second kappa shape index (κ2) is 8.09. The van der Waals surface area contributed by atoms with Crippen molar-refractivity contribution in [3.8, 4) is 5.75 Å². The molecule has 28 heavy (non-hydrogen) atoms. The number of amides is 1. The van der Waals surface area contributed by atoms with Crippen LogP contribution in [0.4, 0.5) is 5.69 Å². The summed E-state index contributed by atoms with van der Waals surface area (Å²) in [6.07, 6.45) is 3.37. The highest BCUT2D eigenvalue weighted by Crippen LogP contribution is 2.25. The predicted molar refractivity (Wildman–Crippen MR) is 109 cm³/mol. The van der Waals surface area contributed by atoms with E-state index in [-0.39, 0.29) is 18.3 Å². The van der Waals surface area contributed by atoms with Crippen LogP contribution >= 0.6 is 0 Å². The van der Waals surface area contributed by atoms with Crippen LogP contribution in [-0.2, 0) is 17.6 Å². The first kappa shape index (κ1) is 18.0. The molecule has 1 amide bonds. The third-order valence-electron chi connectivity index (χ3n) is 4.90. The molecule has 4 nitrogen and oxygen atoms in total. The maximum absolute atomic E-state index is 12.4. The van der Waals surface area contributed by atoms with Crippen molar-refractivity contribution in [2.75, 3.05) is 11.9 Å². The molecule has 0 unspecified atom stereocenters. The maximum Gasteiger partial charge on any atom is 0.262 e. The maximum atomic E-state index is 12.4. The van der Waals surface area contributed by atoms with Crippen molar-refractivity contribution in [2.45, 2.75) is 19.3 Å². The number of fused-ring (bicyclic) bond motifs is 1. The summed E-state index contributed by atoms with van der Waals surface area (Å²) in [5, 5.41) is 2.87. The Labute approximate surface area is 164 Å². The summed E-state index contributed by atoms with van der Waals surface area (Å²) in [6.45, 7) is -0.0803. The van der Waals surface area contributed by atoms with E-state index in [2.05, 4.69) is 11.4 Å². The number of ether oxygens (including phenoxy) is 1. The molecule has 0 saturated carbocycles. The lowest BCUT2D eigenvalue weighted by molar-refractivity contribution is -0.118. The van der Waals surface area contributed by atoms with E-state index >= 15 is 0 Å². The first-order valence-corrected chi connectivity index (χ1v) is 9.43. The Hall–Kier alpha value is -3.40. The van der Waals surface area contributed by atoms with E-state index < -0.39 is 0 Å². The van der Waals surface area contributed by atoms with E-state index in [1.54, 1.807) is 36.4 Å². The quantitative estimate of drug-likeness (QED) is 0.653. The van der Waals surface area contributed by atoms with Gasteiger partial charge in [0.1, 0.15) is 5.75 Å². The van der Waals surface area contributed by atoms with E-state index in [4.69, 9.17) is 4.74 Å². The number of benzene rings is 3. The average molecular weight is 371 g/mol. The van der Waals surface area contributed by atoms with Gasteiger partial charge in [-0.25, -0.2) is 0 Å². The molecule has 3 aromatic carbocycles. The second-order valence-electron chi connectivity index (χ2n) is 6.89. The number of anilines is 1. The fourth-order valence-corrected chi connectivity index (χ4v) is 3.45. The van der Waals surface area contributed by atoms with Gasteiger partial charge in [0.2, 0.25) is 0 Å². The standard InChI is InChI=1S/C24H21NO3/c26-23(25-21-12-9-17-7-4-8-20(17)15-21)16-28-22-13-10-19(11-14-22)24(27)18-5-2-1-3-6-18/h1-3,5-6,9-15H,4,7-8,16H2,(H,25,26). The van der Waals surface area contributed by atoms with Crippen LogP contribution in [0.1, 0.15) is 33.5 Å². The monoisotopic (exact) mass is 371 g/mol. The molecule has 3 aromatic rings. The van der Waals surface area contributed by atoms with Crippen molar-refractivity contribution in [1.29, 1.82) is 0 Å². The number of aryl methyl sites for hydroxylation is 2. The third-order valence-corrected chi connectivity index (χ3v) is 4.90. The van der Waals surface area contributed by atoms with Gasteiger partial charge in [-0.15, -0.1) is 0 Å². The summed E-state index contributed by atoms with van der Waals surface area (Å²) in [5.41, 5.74) is 4.72. The normalized spacial score (nSPS) is 12.3. The number of hydrogen-bond acceptors (Lipinski definition) is 3. The minimum absolute atomic E-state index is 0.0403. The molecule has 0 bridgehead atoms. The van der Waals surface area contributed by atoms with Crippen molar-refractivity contribution < 1.29 is 14.3 Å². The molecule has 140 valence electrons. The molecule has 1 N–H and O–H groups in total. The first-order valence-electron chi connectivity index (χ1n) is 9.43. The molecule has 0 fully saturated rings. The van der Waals surface area contributed by atoms with Crippen molar-refractivity contribution in [2.24, 2.45) is 0 Å². The topological polar surface area (TPSA) is 55.4 Å². The van der Waals surface area contributed by atoms with Gasteiger partial charge < -0.3 is 10.1 Å². The Balaban J connectivity index is 1.32. The molecular formula is C24H21NO3. The van der Waals surface area contributed by atoms with E-state index in [1.807, 2.05) is 30.3 Å². The zero-order valence-electron chi connectivity index (χ0n) is 15.5. The van der Waals surface area contributed by atoms with Crippen LogP contribution in [0.3, 0.4) is 0 Å². The van der Waals surface area contributed by atoms with Crippen LogP contribution in [0.2, 0.25) is 0 Å². The summed E-state index contributed by atoms with van der Waals surface area (Å²) < 4.78 is 5.55. The summed E-state index contributed by atoms with van der Waals surface area (Å²) in [4.78, 5) is 24.6. The van der Waals surface area contributed by atoms with Gasteiger partial charge in [-0.1, -0.05) is 36.4 Å². The number of rotatable bonds is 6. The van der Waals surface area contributed by atoms with Gasteiger partial charge in [-0.3, -0.25) is 9.59 Å². The highest BCUT2D eigenvalue weighted by molar-refractivity contribution is 6.09. The zero-order chi connectivity index (χ0) is 19.3. The minimum atomic E-state index is -0.206. The largest absolute Gasteiger partial charge is 0.484 e. The smallest absolute Gasteiger partial charge is 0.262 e. The highest BCUT2D eigenvalue weighted by atomic mass is 16.5. The fourth-order valence-electron chi connectivity index (χ4n) is 3.45. The molecule has 4 rings (SSSR count). The lowest BCUT2D eigenvalue weighted by Gasteiger charge is -2.09. The molecule has 1 aliphatic rings. The number of hydrogen-bond donors (Lipinski definition) is 1. The van der Waals surface area contributed by atoms with Crippen LogP contribution in [-0.4, -0.2) is 18.3 Å². The summed E-state index contributed by atoms with van der Waals surface area (Å²) >= 11 is 0. The molecule has 0 atom stereocenters. The van der Waals surface area contributed by atoms with E-state index in [0.29, 0.717) is 16.9 Å². The third kappa shape index (κ3) is 4.12. The Morgan fingerprint density at radius 3 is 2.32 bits per heavy atom. The van der Waals surface area contributed by atoms with Gasteiger partial charge in [0.15, 0.2) is 12.4 Å². The Morgan fingerprint density at radius 2 is 1.54 bits per heavy atom. The SMILES string of the molecule is O=C(COc1ccc(C(=O)c2ccccc2)cc1)Nc1ccc2c(c1)CCC2. The van der Waals surface area contributed by atoms with Crippen LogP contribution in [0.25, 0.3) is 0 Å². The second-order valence-corrected chi connectivity index (χ2v) is 6.89. The van der Waals surface area contributed by atoms with Crippen LogP contribution < -0.4 is 10.1 Å². The van der Waals surface area contributed by atoms with Crippen molar-refractivity contribution in [3.05, 3.63) is 95.1 Å². The average Bonchev–Trinajstić information content (AvgIpc) is 3.21. The van der Waals surface area contributed by atoms with E-state index in [9.17, 15) is 9.59 Å². The van der Waals surface area contributed by atoms with Gasteiger partial charge in [0.25, 0.3) is 5.91 Å². The van der Waals surface area contributed by atoms with E-state index in [1.165, 1.54) is 17.5 Å².